The van der Waals surface area contributed by atoms with Crippen molar-refractivity contribution in [3.8, 4) is 5.69 Å². The number of para-hydroxylation sites is 1. The molecule has 112 valence electrons. The number of aryl methyl sites for hydroxylation is 1. The van der Waals surface area contributed by atoms with Crippen molar-refractivity contribution in [2.45, 2.75) is 17.8 Å². The summed E-state index contributed by atoms with van der Waals surface area (Å²) in [5.41, 5.74) is 3.28. The van der Waals surface area contributed by atoms with Crippen molar-refractivity contribution in [3.63, 3.8) is 0 Å². The molecule has 0 unspecified atom stereocenters. The van der Waals surface area contributed by atoms with E-state index < -0.39 is 0 Å². The van der Waals surface area contributed by atoms with Crippen LogP contribution in [0.2, 0.25) is 10.0 Å². The highest BCUT2D eigenvalue weighted by Gasteiger charge is 2.10. The van der Waals surface area contributed by atoms with Crippen LogP contribution < -0.4 is 0 Å². The van der Waals surface area contributed by atoms with Crippen LogP contribution in [0.4, 0.5) is 0 Å². The van der Waals surface area contributed by atoms with Crippen LogP contribution in [0.3, 0.4) is 0 Å². The minimum atomic E-state index is 0.641. The van der Waals surface area contributed by atoms with Crippen LogP contribution in [0, 0.1) is 6.92 Å². The Balaban J connectivity index is 1.83. The molecular weight excluding hydrogens is 337 g/mol. The summed E-state index contributed by atoms with van der Waals surface area (Å²) in [5.74, 6) is 0.709. The molecule has 3 nitrogen and oxygen atoms in total. The molecule has 0 bridgehead atoms. The van der Waals surface area contributed by atoms with E-state index in [9.17, 15) is 0 Å². The molecule has 0 saturated heterocycles. The average molecular weight is 350 g/mol. The second kappa shape index (κ2) is 6.73. The van der Waals surface area contributed by atoms with E-state index in [1.807, 2.05) is 28.8 Å². The second-order valence-electron chi connectivity index (χ2n) is 4.79. The Morgan fingerprint density at radius 2 is 1.95 bits per heavy atom. The van der Waals surface area contributed by atoms with Gasteiger partial charge in [0.15, 0.2) is 5.16 Å². The van der Waals surface area contributed by atoms with Crippen molar-refractivity contribution < 1.29 is 0 Å². The zero-order valence-electron chi connectivity index (χ0n) is 11.8. The SMILES string of the molecule is Cc1ccccc1-n1cnnc1SCc1ccc(Cl)cc1Cl. The predicted octanol–water partition coefficient (Wildman–Crippen LogP) is 5.17. The minimum Gasteiger partial charge on any atom is -0.276 e. The van der Waals surface area contributed by atoms with Crippen molar-refractivity contribution in [1.82, 2.24) is 14.8 Å². The van der Waals surface area contributed by atoms with Gasteiger partial charge in [-0.3, -0.25) is 4.57 Å². The van der Waals surface area contributed by atoms with Gasteiger partial charge < -0.3 is 0 Å². The summed E-state index contributed by atoms with van der Waals surface area (Å²) in [6.45, 7) is 2.07. The fourth-order valence-corrected chi connectivity index (χ4v) is 3.58. The standard InChI is InChI=1S/C16H13Cl2N3S/c1-11-4-2-3-5-15(11)21-10-19-20-16(21)22-9-12-6-7-13(17)8-14(12)18/h2-8,10H,9H2,1H3. The van der Waals surface area contributed by atoms with Crippen molar-refractivity contribution >= 4 is 35.0 Å². The van der Waals surface area contributed by atoms with Crippen LogP contribution in [0.1, 0.15) is 11.1 Å². The molecule has 6 heteroatoms. The third kappa shape index (κ3) is 3.29. The van der Waals surface area contributed by atoms with E-state index >= 15 is 0 Å². The summed E-state index contributed by atoms with van der Waals surface area (Å²) in [6, 6.07) is 13.7. The van der Waals surface area contributed by atoms with Gasteiger partial charge in [0.05, 0.1) is 5.69 Å². The highest BCUT2D eigenvalue weighted by molar-refractivity contribution is 7.98. The zero-order valence-corrected chi connectivity index (χ0v) is 14.2. The molecule has 0 fully saturated rings. The number of nitrogens with zero attached hydrogens (tertiary/aromatic N) is 3. The molecule has 0 radical (unpaired) electrons. The van der Waals surface area contributed by atoms with E-state index in [1.165, 1.54) is 5.56 Å². The summed E-state index contributed by atoms with van der Waals surface area (Å²) >= 11 is 13.7. The second-order valence-corrected chi connectivity index (χ2v) is 6.58. The molecule has 2 aromatic carbocycles. The molecule has 0 aliphatic rings. The number of hydrogen-bond donors (Lipinski definition) is 0. The Bertz CT molecular complexity index is 802. The number of halogens is 2. The van der Waals surface area contributed by atoms with Gasteiger partial charge in [0, 0.05) is 15.8 Å². The van der Waals surface area contributed by atoms with Gasteiger partial charge in [-0.1, -0.05) is 59.2 Å². The van der Waals surface area contributed by atoms with Crippen molar-refractivity contribution in [3.05, 3.63) is 70.0 Å². The summed E-state index contributed by atoms with van der Waals surface area (Å²) in [4.78, 5) is 0. The summed E-state index contributed by atoms with van der Waals surface area (Å²) < 4.78 is 1.99. The molecule has 0 atom stereocenters. The topological polar surface area (TPSA) is 30.7 Å². The van der Waals surface area contributed by atoms with Crippen LogP contribution in [0.5, 0.6) is 0 Å². The smallest absolute Gasteiger partial charge is 0.195 e. The first-order valence-electron chi connectivity index (χ1n) is 6.68. The molecular formula is C16H13Cl2N3S. The van der Waals surface area contributed by atoms with Gasteiger partial charge in [0.25, 0.3) is 0 Å². The number of rotatable bonds is 4. The molecule has 0 spiro atoms. The fourth-order valence-electron chi connectivity index (χ4n) is 2.10. The average Bonchev–Trinajstić information content (AvgIpc) is 2.95. The zero-order chi connectivity index (χ0) is 15.5. The first-order chi connectivity index (χ1) is 10.6. The van der Waals surface area contributed by atoms with Gasteiger partial charge in [0.1, 0.15) is 6.33 Å². The van der Waals surface area contributed by atoms with E-state index in [4.69, 9.17) is 23.2 Å². The molecule has 0 amide bonds. The highest BCUT2D eigenvalue weighted by Crippen LogP contribution is 2.29. The van der Waals surface area contributed by atoms with Gasteiger partial charge in [-0.25, -0.2) is 0 Å². The molecule has 0 N–H and O–H groups in total. The van der Waals surface area contributed by atoms with Crippen molar-refractivity contribution in [2.75, 3.05) is 0 Å². The Morgan fingerprint density at radius 3 is 2.73 bits per heavy atom. The van der Waals surface area contributed by atoms with Crippen LogP contribution >= 0.6 is 35.0 Å². The predicted molar refractivity (Wildman–Crippen MR) is 92.1 cm³/mol. The molecule has 0 aliphatic carbocycles. The largest absolute Gasteiger partial charge is 0.276 e. The van der Waals surface area contributed by atoms with Gasteiger partial charge in [-0.2, -0.15) is 0 Å². The Kier molecular flexibility index (Phi) is 4.71. The Hall–Kier alpha value is -1.49. The summed E-state index contributed by atoms with van der Waals surface area (Å²) in [6.07, 6.45) is 1.73. The van der Waals surface area contributed by atoms with Crippen molar-refractivity contribution in [1.29, 1.82) is 0 Å². The molecule has 0 saturated carbocycles. The maximum Gasteiger partial charge on any atom is 0.195 e. The third-order valence-corrected chi connectivity index (χ3v) is 4.84. The van der Waals surface area contributed by atoms with Gasteiger partial charge >= 0.3 is 0 Å². The first kappa shape index (κ1) is 15.4. The lowest BCUT2D eigenvalue weighted by molar-refractivity contribution is 0.878. The van der Waals surface area contributed by atoms with E-state index in [1.54, 1.807) is 24.2 Å². The first-order valence-corrected chi connectivity index (χ1v) is 8.42. The lowest BCUT2D eigenvalue weighted by Crippen LogP contribution is -1.97. The van der Waals surface area contributed by atoms with Gasteiger partial charge in [0.2, 0.25) is 0 Å². The number of benzene rings is 2. The lowest BCUT2D eigenvalue weighted by atomic mass is 10.2. The minimum absolute atomic E-state index is 0.641. The summed E-state index contributed by atoms with van der Waals surface area (Å²) in [7, 11) is 0. The number of hydrogen-bond acceptors (Lipinski definition) is 3. The Morgan fingerprint density at radius 1 is 1.14 bits per heavy atom. The molecule has 22 heavy (non-hydrogen) atoms. The number of aromatic nitrogens is 3. The number of thioether (sulfide) groups is 1. The fraction of sp³-hybridized carbons (Fsp3) is 0.125. The van der Waals surface area contributed by atoms with Crippen LogP contribution in [0.25, 0.3) is 5.69 Å². The monoisotopic (exact) mass is 349 g/mol. The highest BCUT2D eigenvalue weighted by atomic mass is 35.5. The molecule has 1 aromatic heterocycles. The molecule has 0 aliphatic heterocycles. The van der Waals surface area contributed by atoms with E-state index in [0.29, 0.717) is 15.8 Å². The van der Waals surface area contributed by atoms with Crippen LogP contribution in [0.15, 0.2) is 53.9 Å². The van der Waals surface area contributed by atoms with Gasteiger partial charge in [-0.05, 0) is 36.2 Å². The molecule has 3 rings (SSSR count). The third-order valence-electron chi connectivity index (χ3n) is 3.26. The molecule has 3 aromatic rings. The van der Waals surface area contributed by atoms with E-state index in [0.717, 1.165) is 16.4 Å². The normalized spacial score (nSPS) is 10.9. The van der Waals surface area contributed by atoms with E-state index in [-0.39, 0.29) is 0 Å². The van der Waals surface area contributed by atoms with Gasteiger partial charge in [-0.15, -0.1) is 10.2 Å². The lowest BCUT2D eigenvalue weighted by Gasteiger charge is -2.09. The summed E-state index contributed by atoms with van der Waals surface area (Å²) in [5, 5.41) is 10.4. The van der Waals surface area contributed by atoms with Crippen LogP contribution in [-0.2, 0) is 5.75 Å². The Labute approximate surface area is 143 Å². The van der Waals surface area contributed by atoms with Crippen LogP contribution in [-0.4, -0.2) is 14.8 Å². The van der Waals surface area contributed by atoms with E-state index in [2.05, 4.69) is 29.3 Å². The maximum atomic E-state index is 6.21. The molecule has 1 heterocycles. The quantitative estimate of drug-likeness (QED) is 0.608. The maximum absolute atomic E-state index is 6.21. The van der Waals surface area contributed by atoms with Crippen molar-refractivity contribution in [2.24, 2.45) is 0 Å².